The molecule has 0 fully saturated rings. The Kier molecular flexibility index (Phi) is 4.23. The van der Waals surface area contributed by atoms with Gasteiger partial charge in [-0.2, -0.15) is 11.3 Å². The van der Waals surface area contributed by atoms with Crippen molar-refractivity contribution in [2.24, 2.45) is 0 Å². The molecule has 0 saturated heterocycles. The summed E-state index contributed by atoms with van der Waals surface area (Å²) in [4.78, 5) is 3.78. The van der Waals surface area contributed by atoms with Crippen LogP contribution in [0.25, 0.3) is 0 Å². The van der Waals surface area contributed by atoms with E-state index in [0.717, 1.165) is 13.0 Å². The standard InChI is InChI=1S/C13H15FN2S/c1-2-16-13(7-10-4-6-17-9-10)11-3-5-15-8-12(11)14/h3-6,8-9,13,16H,2,7H2,1H3. The molecule has 0 radical (unpaired) electrons. The lowest BCUT2D eigenvalue weighted by Crippen LogP contribution is -2.23. The Morgan fingerprint density at radius 3 is 3.00 bits per heavy atom. The van der Waals surface area contributed by atoms with Gasteiger partial charge in [0.1, 0.15) is 5.82 Å². The summed E-state index contributed by atoms with van der Waals surface area (Å²) in [6.07, 6.45) is 3.71. The summed E-state index contributed by atoms with van der Waals surface area (Å²) >= 11 is 1.67. The highest BCUT2D eigenvalue weighted by Crippen LogP contribution is 2.21. The highest BCUT2D eigenvalue weighted by atomic mass is 32.1. The first kappa shape index (κ1) is 12.2. The average Bonchev–Trinajstić information content (AvgIpc) is 2.82. The van der Waals surface area contributed by atoms with Crippen molar-refractivity contribution < 1.29 is 4.39 Å². The van der Waals surface area contributed by atoms with Crippen molar-refractivity contribution in [2.45, 2.75) is 19.4 Å². The maximum atomic E-state index is 13.7. The van der Waals surface area contributed by atoms with Gasteiger partial charge in [0, 0.05) is 17.8 Å². The summed E-state index contributed by atoms with van der Waals surface area (Å²) in [5.74, 6) is -0.242. The monoisotopic (exact) mass is 250 g/mol. The van der Waals surface area contributed by atoms with Gasteiger partial charge in [0.05, 0.1) is 6.20 Å². The van der Waals surface area contributed by atoms with Crippen LogP contribution >= 0.6 is 11.3 Å². The first-order valence-corrected chi connectivity index (χ1v) is 6.59. The average molecular weight is 250 g/mol. The van der Waals surface area contributed by atoms with Crippen LogP contribution in [0.2, 0.25) is 0 Å². The molecule has 2 aromatic heterocycles. The molecule has 0 aliphatic heterocycles. The Hall–Kier alpha value is -1.26. The van der Waals surface area contributed by atoms with Crippen LogP contribution in [0.15, 0.2) is 35.3 Å². The molecule has 2 aromatic rings. The minimum atomic E-state index is -0.242. The van der Waals surface area contributed by atoms with Gasteiger partial charge in [0.15, 0.2) is 0 Å². The predicted molar refractivity (Wildman–Crippen MR) is 68.6 cm³/mol. The molecule has 0 aromatic carbocycles. The highest BCUT2D eigenvalue weighted by molar-refractivity contribution is 7.07. The predicted octanol–water partition coefficient (Wildman–Crippen LogP) is 3.18. The van der Waals surface area contributed by atoms with Crippen molar-refractivity contribution in [2.75, 3.05) is 6.54 Å². The van der Waals surface area contributed by atoms with E-state index in [1.54, 1.807) is 23.6 Å². The van der Waals surface area contributed by atoms with Crippen LogP contribution in [-0.2, 0) is 6.42 Å². The van der Waals surface area contributed by atoms with E-state index in [4.69, 9.17) is 0 Å². The zero-order valence-electron chi connectivity index (χ0n) is 9.69. The molecule has 2 heterocycles. The van der Waals surface area contributed by atoms with Crippen LogP contribution in [0.4, 0.5) is 4.39 Å². The van der Waals surface area contributed by atoms with Crippen LogP contribution in [-0.4, -0.2) is 11.5 Å². The van der Waals surface area contributed by atoms with Crippen molar-refractivity contribution in [3.63, 3.8) is 0 Å². The quantitative estimate of drug-likeness (QED) is 0.881. The number of nitrogens with one attached hydrogen (secondary N) is 1. The molecule has 0 spiro atoms. The van der Waals surface area contributed by atoms with E-state index in [1.807, 2.05) is 12.3 Å². The van der Waals surface area contributed by atoms with Gasteiger partial charge in [0.25, 0.3) is 0 Å². The summed E-state index contributed by atoms with van der Waals surface area (Å²) in [6, 6.07) is 3.83. The summed E-state index contributed by atoms with van der Waals surface area (Å²) in [5, 5.41) is 7.46. The molecule has 0 saturated carbocycles. The zero-order valence-corrected chi connectivity index (χ0v) is 10.5. The van der Waals surface area contributed by atoms with Gasteiger partial charge in [-0.15, -0.1) is 0 Å². The number of hydrogen-bond donors (Lipinski definition) is 1. The van der Waals surface area contributed by atoms with Crippen molar-refractivity contribution in [3.05, 3.63) is 52.2 Å². The molecule has 2 nitrogen and oxygen atoms in total. The molecule has 4 heteroatoms. The third-order valence-electron chi connectivity index (χ3n) is 2.65. The smallest absolute Gasteiger partial charge is 0.146 e. The van der Waals surface area contributed by atoms with E-state index >= 15 is 0 Å². The fourth-order valence-electron chi connectivity index (χ4n) is 1.85. The summed E-state index contributed by atoms with van der Waals surface area (Å²) < 4.78 is 13.7. The molecule has 0 amide bonds. The van der Waals surface area contributed by atoms with Crippen molar-refractivity contribution in [3.8, 4) is 0 Å². The number of halogens is 1. The molecule has 0 aliphatic carbocycles. The molecular weight excluding hydrogens is 235 g/mol. The van der Waals surface area contributed by atoms with Gasteiger partial charge in [-0.05, 0) is 41.4 Å². The number of aromatic nitrogens is 1. The van der Waals surface area contributed by atoms with E-state index in [1.165, 1.54) is 11.8 Å². The second kappa shape index (κ2) is 5.89. The van der Waals surface area contributed by atoms with Gasteiger partial charge in [-0.3, -0.25) is 4.98 Å². The SMILES string of the molecule is CCNC(Cc1ccsc1)c1ccncc1F. The molecule has 0 aliphatic rings. The summed E-state index contributed by atoms with van der Waals surface area (Å²) in [5.41, 5.74) is 1.92. The molecule has 17 heavy (non-hydrogen) atoms. The van der Waals surface area contributed by atoms with Crippen LogP contribution < -0.4 is 5.32 Å². The molecule has 0 bridgehead atoms. The summed E-state index contributed by atoms with van der Waals surface area (Å²) in [7, 11) is 0. The Labute approximate surface area is 105 Å². The zero-order chi connectivity index (χ0) is 12.1. The van der Waals surface area contributed by atoms with Gasteiger partial charge >= 0.3 is 0 Å². The minimum absolute atomic E-state index is 0.0117. The normalized spacial score (nSPS) is 12.6. The number of pyridine rings is 1. The summed E-state index contributed by atoms with van der Waals surface area (Å²) in [6.45, 7) is 2.84. The van der Waals surface area contributed by atoms with E-state index < -0.39 is 0 Å². The number of likely N-dealkylation sites (N-methyl/N-ethyl adjacent to an activating group) is 1. The molecule has 1 atom stereocenters. The van der Waals surface area contributed by atoms with E-state index in [0.29, 0.717) is 5.56 Å². The Morgan fingerprint density at radius 1 is 1.47 bits per heavy atom. The third-order valence-corrected chi connectivity index (χ3v) is 3.38. The lowest BCUT2D eigenvalue weighted by Gasteiger charge is -2.18. The number of thiophene rings is 1. The van der Waals surface area contributed by atoms with Crippen molar-refractivity contribution in [1.82, 2.24) is 10.3 Å². The van der Waals surface area contributed by atoms with Crippen LogP contribution in [0.1, 0.15) is 24.1 Å². The third kappa shape index (κ3) is 3.11. The van der Waals surface area contributed by atoms with E-state index in [-0.39, 0.29) is 11.9 Å². The number of rotatable bonds is 5. The number of hydrogen-bond acceptors (Lipinski definition) is 3. The topological polar surface area (TPSA) is 24.9 Å². The first-order valence-electron chi connectivity index (χ1n) is 5.65. The second-order valence-electron chi connectivity index (χ2n) is 3.84. The fraction of sp³-hybridized carbons (Fsp3) is 0.308. The maximum Gasteiger partial charge on any atom is 0.146 e. The highest BCUT2D eigenvalue weighted by Gasteiger charge is 2.15. The molecule has 90 valence electrons. The Balaban J connectivity index is 2.20. The molecule has 1 unspecified atom stereocenters. The second-order valence-corrected chi connectivity index (χ2v) is 4.62. The molecule has 2 rings (SSSR count). The molecular formula is C13H15FN2S. The minimum Gasteiger partial charge on any atom is -0.310 e. The lowest BCUT2D eigenvalue weighted by molar-refractivity contribution is 0.508. The first-order chi connectivity index (χ1) is 8.31. The maximum absolute atomic E-state index is 13.7. The van der Waals surface area contributed by atoms with E-state index in [9.17, 15) is 4.39 Å². The largest absolute Gasteiger partial charge is 0.310 e. The Bertz CT molecular complexity index is 456. The van der Waals surface area contributed by atoms with Gasteiger partial charge < -0.3 is 5.32 Å². The van der Waals surface area contributed by atoms with Crippen molar-refractivity contribution in [1.29, 1.82) is 0 Å². The fourth-order valence-corrected chi connectivity index (χ4v) is 2.53. The van der Waals surface area contributed by atoms with Gasteiger partial charge in [-0.1, -0.05) is 6.92 Å². The van der Waals surface area contributed by atoms with Crippen LogP contribution in [0.3, 0.4) is 0 Å². The van der Waals surface area contributed by atoms with Gasteiger partial charge in [-0.25, -0.2) is 4.39 Å². The van der Waals surface area contributed by atoms with Crippen molar-refractivity contribution >= 4 is 11.3 Å². The van der Waals surface area contributed by atoms with E-state index in [2.05, 4.69) is 21.7 Å². The lowest BCUT2D eigenvalue weighted by atomic mass is 10.0. The Morgan fingerprint density at radius 2 is 2.35 bits per heavy atom. The van der Waals surface area contributed by atoms with Gasteiger partial charge in [0.2, 0.25) is 0 Å². The number of nitrogens with zero attached hydrogens (tertiary/aromatic N) is 1. The molecule has 1 N–H and O–H groups in total. The van der Waals surface area contributed by atoms with Crippen LogP contribution in [0, 0.1) is 5.82 Å². The van der Waals surface area contributed by atoms with Crippen LogP contribution in [0.5, 0.6) is 0 Å².